The molecule has 2 bridgehead atoms. The van der Waals surface area contributed by atoms with Crippen LogP contribution in [0.3, 0.4) is 0 Å². The van der Waals surface area contributed by atoms with Gasteiger partial charge in [0.2, 0.25) is 5.91 Å². The summed E-state index contributed by atoms with van der Waals surface area (Å²) in [5.74, 6) is 1.53. The van der Waals surface area contributed by atoms with E-state index in [4.69, 9.17) is 0 Å². The predicted molar refractivity (Wildman–Crippen MR) is 112 cm³/mol. The van der Waals surface area contributed by atoms with Crippen LogP contribution in [0.4, 0.5) is 13.2 Å². The van der Waals surface area contributed by atoms with Gasteiger partial charge in [-0.15, -0.1) is 0 Å². The van der Waals surface area contributed by atoms with Gasteiger partial charge in [-0.2, -0.15) is 13.2 Å². The van der Waals surface area contributed by atoms with Crippen LogP contribution in [0.5, 0.6) is 0 Å². The summed E-state index contributed by atoms with van der Waals surface area (Å²) in [4.78, 5) is 13.1. The standard InChI is InChI=1S/C26H26F3NO2/c27-26(28,29)18-8-6-15(7-9-18)14-30-22(31)13-24(17-4-2-1-3-5-17)20-10-16-12-25(20)19(23(16)32)11-21(24)25/h1-9,16,19-21,23,32H,10-14H2,(H,30,31). The fraction of sp³-hybridized carbons (Fsp3) is 0.500. The van der Waals surface area contributed by atoms with Crippen molar-refractivity contribution in [2.24, 2.45) is 29.1 Å². The molecule has 4 aliphatic rings. The first-order valence-corrected chi connectivity index (χ1v) is 11.4. The lowest BCUT2D eigenvalue weighted by molar-refractivity contribution is -0.270. The number of benzene rings is 2. The van der Waals surface area contributed by atoms with E-state index < -0.39 is 11.7 Å². The summed E-state index contributed by atoms with van der Waals surface area (Å²) in [5, 5.41) is 13.5. The third kappa shape index (κ3) is 2.50. The number of hydrogen-bond donors (Lipinski definition) is 2. The first kappa shape index (κ1) is 20.3. The topological polar surface area (TPSA) is 49.3 Å². The van der Waals surface area contributed by atoms with E-state index in [2.05, 4.69) is 17.4 Å². The van der Waals surface area contributed by atoms with Crippen LogP contribution < -0.4 is 5.32 Å². The molecule has 7 atom stereocenters. The quantitative estimate of drug-likeness (QED) is 0.708. The Morgan fingerprint density at radius 3 is 2.38 bits per heavy atom. The van der Waals surface area contributed by atoms with Gasteiger partial charge in [-0.05, 0) is 71.6 Å². The fourth-order valence-corrected chi connectivity index (χ4v) is 8.20. The van der Waals surface area contributed by atoms with Crippen LogP contribution in [0, 0.1) is 29.1 Å². The minimum absolute atomic E-state index is 0.0598. The monoisotopic (exact) mass is 441 g/mol. The molecule has 4 saturated carbocycles. The number of rotatable bonds is 5. The number of amides is 1. The smallest absolute Gasteiger partial charge is 0.393 e. The van der Waals surface area contributed by atoms with Gasteiger partial charge in [0.15, 0.2) is 0 Å². The van der Waals surface area contributed by atoms with Crippen LogP contribution in [-0.4, -0.2) is 17.1 Å². The summed E-state index contributed by atoms with van der Waals surface area (Å²) in [5.41, 5.74) is 1.20. The molecule has 168 valence electrons. The van der Waals surface area contributed by atoms with E-state index in [-0.39, 0.29) is 29.4 Å². The van der Waals surface area contributed by atoms with E-state index in [9.17, 15) is 23.1 Å². The fourth-order valence-electron chi connectivity index (χ4n) is 8.20. The molecule has 7 unspecified atom stereocenters. The first-order chi connectivity index (χ1) is 15.3. The largest absolute Gasteiger partial charge is 0.416 e. The normalized spacial score (nSPS) is 38.6. The zero-order chi connectivity index (χ0) is 22.3. The number of aliphatic hydroxyl groups is 1. The second-order valence-electron chi connectivity index (χ2n) is 10.3. The molecule has 0 radical (unpaired) electrons. The number of hydrogen-bond acceptors (Lipinski definition) is 2. The number of aliphatic hydroxyl groups excluding tert-OH is 1. The summed E-state index contributed by atoms with van der Waals surface area (Å²) in [6, 6.07) is 15.3. The number of carbonyl (C=O) groups excluding carboxylic acids is 1. The summed E-state index contributed by atoms with van der Waals surface area (Å²) < 4.78 is 38.3. The maximum atomic E-state index is 13.1. The third-order valence-corrected chi connectivity index (χ3v) is 9.31. The molecule has 4 fully saturated rings. The summed E-state index contributed by atoms with van der Waals surface area (Å²) in [7, 11) is 0. The molecule has 2 aromatic carbocycles. The van der Waals surface area contributed by atoms with Gasteiger partial charge < -0.3 is 10.4 Å². The number of alkyl halides is 3. The lowest BCUT2D eigenvalue weighted by atomic mass is 9.26. The highest BCUT2D eigenvalue weighted by molar-refractivity contribution is 5.78. The highest BCUT2D eigenvalue weighted by Gasteiger charge is 2.85. The number of halogens is 3. The lowest BCUT2D eigenvalue weighted by Crippen LogP contribution is -2.76. The van der Waals surface area contributed by atoms with E-state index in [1.807, 2.05) is 18.2 Å². The Morgan fingerprint density at radius 1 is 1.03 bits per heavy atom. The van der Waals surface area contributed by atoms with Crippen LogP contribution in [0.15, 0.2) is 54.6 Å². The summed E-state index contributed by atoms with van der Waals surface area (Å²) in [6.07, 6.45) is -1.09. The lowest BCUT2D eigenvalue weighted by Gasteiger charge is -2.77. The van der Waals surface area contributed by atoms with Gasteiger partial charge >= 0.3 is 6.18 Å². The van der Waals surface area contributed by atoms with Crippen LogP contribution in [0.2, 0.25) is 0 Å². The van der Waals surface area contributed by atoms with E-state index in [1.165, 1.54) is 17.7 Å². The molecule has 0 heterocycles. The van der Waals surface area contributed by atoms with Gasteiger partial charge in [0.25, 0.3) is 0 Å². The average Bonchev–Trinajstić information content (AvgIpc) is 3.27. The molecule has 2 N–H and O–H groups in total. The van der Waals surface area contributed by atoms with Gasteiger partial charge in [0, 0.05) is 18.4 Å². The average molecular weight is 441 g/mol. The Bertz CT molecular complexity index is 1050. The van der Waals surface area contributed by atoms with E-state index in [0.717, 1.165) is 31.4 Å². The van der Waals surface area contributed by atoms with Crippen LogP contribution in [0.25, 0.3) is 0 Å². The maximum Gasteiger partial charge on any atom is 0.416 e. The van der Waals surface area contributed by atoms with Crippen molar-refractivity contribution in [2.45, 2.75) is 49.9 Å². The van der Waals surface area contributed by atoms with Gasteiger partial charge in [0.1, 0.15) is 0 Å². The molecule has 1 amide bonds. The Labute approximate surface area is 185 Å². The van der Waals surface area contributed by atoms with Crippen molar-refractivity contribution in [2.75, 3.05) is 0 Å². The van der Waals surface area contributed by atoms with Crippen molar-refractivity contribution in [3.8, 4) is 0 Å². The summed E-state index contributed by atoms with van der Waals surface area (Å²) in [6.45, 7) is 0.215. The second-order valence-corrected chi connectivity index (χ2v) is 10.3. The summed E-state index contributed by atoms with van der Waals surface area (Å²) >= 11 is 0. The van der Waals surface area contributed by atoms with Crippen molar-refractivity contribution in [3.63, 3.8) is 0 Å². The molecule has 6 rings (SSSR count). The first-order valence-electron chi connectivity index (χ1n) is 11.4. The van der Waals surface area contributed by atoms with E-state index in [1.54, 1.807) is 0 Å². The van der Waals surface area contributed by atoms with Crippen molar-refractivity contribution in [3.05, 3.63) is 71.3 Å². The van der Waals surface area contributed by atoms with Crippen LogP contribution in [-0.2, 0) is 22.9 Å². The molecule has 3 nitrogen and oxygen atoms in total. The van der Waals surface area contributed by atoms with E-state index >= 15 is 0 Å². The van der Waals surface area contributed by atoms with Crippen LogP contribution >= 0.6 is 0 Å². The second kappa shape index (κ2) is 6.60. The maximum absolute atomic E-state index is 13.1. The molecule has 0 saturated heterocycles. The van der Waals surface area contributed by atoms with Gasteiger partial charge in [-0.1, -0.05) is 42.5 Å². The molecule has 0 aliphatic heterocycles. The zero-order valence-electron chi connectivity index (χ0n) is 17.6. The molecule has 4 aliphatic carbocycles. The number of carbonyl (C=O) groups is 1. The Morgan fingerprint density at radius 2 is 1.72 bits per heavy atom. The molecule has 2 aromatic rings. The highest BCUT2D eigenvalue weighted by atomic mass is 19.4. The Hall–Kier alpha value is -2.34. The third-order valence-electron chi connectivity index (χ3n) is 9.31. The predicted octanol–water partition coefficient (Wildman–Crippen LogP) is 4.69. The minimum atomic E-state index is -4.36. The van der Waals surface area contributed by atoms with Crippen molar-refractivity contribution in [1.82, 2.24) is 5.32 Å². The van der Waals surface area contributed by atoms with Gasteiger partial charge in [-0.25, -0.2) is 0 Å². The highest BCUT2D eigenvalue weighted by Crippen LogP contribution is 2.87. The zero-order valence-corrected chi connectivity index (χ0v) is 17.6. The van der Waals surface area contributed by atoms with Crippen molar-refractivity contribution < 1.29 is 23.1 Å². The number of nitrogens with one attached hydrogen (secondary N) is 1. The molecule has 6 heteroatoms. The minimum Gasteiger partial charge on any atom is -0.393 e. The number of fused-ring (bicyclic) bond motifs is 1. The van der Waals surface area contributed by atoms with Crippen molar-refractivity contribution >= 4 is 5.91 Å². The van der Waals surface area contributed by atoms with Crippen LogP contribution in [0.1, 0.15) is 42.4 Å². The molecule has 32 heavy (non-hydrogen) atoms. The Kier molecular flexibility index (Phi) is 4.18. The van der Waals surface area contributed by atoms with Gasteiger partial charge in [-0.3, -0.25) is 4.79 Å². The molecule has 1 spiro atoms. The van der Waals surface area contributed by atoms with E-state index in [0.29, 0.717) is 35.7 Å². The molecule has 0 aromatic heterocycles. The molecular formula is C26H26F3NO2. The van der Waals surface area contributed by atoms with Crippen molar-refractivity contribution in [1.29, 1.82) is 0 Å². The molecular weight excluding hydrogens is 415 g/mol. The Balaban J connectivity index is 1.21. The SMILES string of the molecule is O=C(CC1(c2ccccc2)C2CC3CC24C(CC14)C3O)NCc1ccc(C(F)(F)F)cc1. The van der Waals surface area contributed by atoms with Gasteiger partial charge in [0.05, 0.1) is 11.7 Å².